The monoisotopic (exact) mass is 271 g/mol. The Morgan fingerprint density at radius 2 is 2.35 bits per heavy atom. The number of hydrogen-bond acceptors (Lipinski definition) is 4. The molecule has 1 aliphatic rings. The van der Waals surface area contributed by atoms with E-state index in [0.717, 1.165) is 11.3 Å². The van der Waals surface area contributed by atoms with Crippen LogP contribution in [0.25, 0.3) is 0 Å². The van der Waals surface area contributed by atoms with Gasteiger partial charge in [-0.25, -0.2) is 4.79 Å². The molecule has 0 aromatic carbocycles. The molecule has 1 aromatic heterocycles. The van der Waals surface area contributed by atoms with E-state index in [1.54, 1.807) is 11.8 Å². The fourth-order valence-corrected chi connectivity index (χ4v) is 3.77. The van der Waals surface area contributed by atoms with Gasteiger partial charge in [-0.1, -0.05) is 0 Å². The zero-order valence-electron chi connectivity index (χ0n) is 9.14. The topological polar surface area (TPSA) is 66.4 Å². The smallest absolute Gasteiger partial charge is 0.330 e. The van der Waals surface area contributed by atoms with Crippen molar-refractivity contribution in [1.82, 2.24) is 5.32 Å². The van der Waals surface area contributed by atoms with Gasteiger partial charge in [0.1, 0.15) is 5.54 Å². The highest BCUT2D eigenvalue weighted by Gasteiger charge is 2.43. The summed E-state index contributed by atoms with van der Waals surface area (Å²) in [6.45, 7) is 0. The first kappa shape index (κ1) is 12.4. The summed E-state index contributed by atoms with van der Waals surface area (Å²) in [7, 11) is 0. The van der Waals surface area contributed by atoms with Crippen LogP contribution < -0.4 is 5.32 Å². The maximum absolute atomic E-state index is 11.8. The maximum atomic E-state index is 11.8. The zero-order chi connectivity index (χ0) is 12.3. The molecule has 0 radical (unpaired) electrons. The van der Waals surface area contributed by atoms with Crippen LogP contribution in [0.3, 0.4) is 0 Å². The Bertz CT molecular complexity index is 410. The van der Waals surface area contributed by atoms with Crippen LogP contribution in [0.5, 0.6) is 0 Å². The molecule has 2 N–H and O–H groups in total. The second-order valence-corrected chi connectivity index (χ2v) is 5.93. The number of thioether (sulfide) groups is 1. The Hall–Kier alpha value is -1.01. The van der Waals surface area contributed by atoms with Gasteiger partial charge in [0.25, 0.3) is 0 Å². The summed E-state index contributed by atoms with van der Waals surface area (Å²) in [4.78, 5) is 23.0. The lowest BCUT2D eigenvalue weighted by atomic mass is 9.99. The third kappa shape index (κ3) is 2.81. The summed E-state index contributed by atoms with van der Waals surface area (Å²) < 4.78 is 0. The van der Waals surface area contributed by atoms with Crippen molar-refractivity contribution in [3.63, 3.8) is 0 Å². The van der Waals surface area contributed by atoms with E-state index in [4.69, 9.17) is 0 Å². The first-order chi connectivity index (χ1) is 8.12. The number of rotatable bonds is 4. The summed E-state index contributed by atoms with van der Waals surface area (Å²) in [5.74, 6) is 0.0948. The number of carboxylic acid groups (broad SMARTS) is 1. The molecule has 4 nitrogen and oxygen atoms in total. The van der Waals surface area contributed by atoms with Gasteiger partial charge in [-0.05, 0) is 34.6 Å². The largest absolute Gasteiger partial charge is 0.479 e. The summed E-state index contributed by atoms with van der Waals surface area (Å²) >= 11 is 3.10. The van der Waals surface area contributed by atoms with Gasteiger partial charge >= 0.3 is 5.97 Å². The van der Waals surface area contributed by atoms with Crippen molar-refractivity contribution < 1.29 is 14.7 Å². The molecule has 92 valence electrons. The molecular weight excluding hydrogens is 258 g/mol. The summed E-state index contributed by atoms with van der Waals surface area (Å²) in [5.41, 5.74) is -0.128. The Kier molecular flexibility index (Phi) is 3.73. The molecule has 0 spiro atoms. The fraction of sp³-hybridized carbons (Fsp3) is 0.455. The van der Waals surface area contributed by atoms with Crippen LogP contribution in [0, 0.1) is 0 Å². The molecule has 2 heterocycles. The van der Waals surface area contributed by atoms with Crippen LogP contribution in [0.4, 0.5) is 0 Å². The minimum atomic E-state index is -1.06. The van der Waals surface area contributed by atoms with E-state index in [1.807, 2.05) is 16.8 Å². The Morgan fingerprint density at radius 1 is 1.53 bits per heavy atom. The minimum Gasteiger partial charge on any atom is -0.479 e. The van der Waals surface area contributed by atoms with Crippen molar-refractivity contribution in [2.45, 2.75) is 18.4 Å². The number of aliphatic carboxylic acids is 1. The first-order valence-corrected chi connectivity index (χ1v) is 7.35. The summed E-state index contributed by atoms with van der Waals surface area (Å²) in [6.07, 6.45) is 0.756. The van der Waals surface area contributed by atoms with Gasteiger partial charge in [0.15, 0.2) is 0 Å². The molecule has 6 heteroatoms. The molecule has 1 amide bonds. The molecular formula is C11H13NO3S2. The minimum absolute atomic E-state index is 0.215. The van der Waals surface area contributed by atoms with Gasteiger partial charge in [0.05, 0.1) is 6.42 Å². The lowest BCUT2D eigenvalue weighted by Crippen LogP contribution is -2.55. The number of carboxylic acids is 1. The normalized spacial score (nSPS) is 23.5. The number of carbonyl (C=O) groups is 2. The van der Waals surface area contributed by atoms with Crippen LogP contribution in [-0.2, 0) is 16.0 Å². The second kappa shape index (κ2) is 5.10. The number of thiophene rings is 1. The standard InChI is InChI=1S/C11H13NO3S2/c13-9(5-8-1-3-16-6-8)12-11(10(14)15)2-4-17-7-11/h1,3,6H,2,4-5,7H2,(H,12,13)(H,14,15). The predicted molar refractivity (Wildman–Crippen MR) is 68.5 cm³/mol. The van der Waals surface area contributed by atoms with Gasteiger partial charge in [-0.15, -0.1) is 0 Å². The molecule has 2 rings (SSSR count). The number of amides is 1. The van der Waals surface area contributed by atoms with Crippen molar-refractivity contribution in [2.24, 2.45) is 0 Å². The van der Waals surface area contributed by atoms with Crippen LogP contribution in [0.2, 0.25) is 0 Å². The van der Waals surface area contributed by atoms with Gasteiger partial charge in [-0.2, -0.15) is 23.1 Å². The number of carbonyl (C=O) groups excluding carboxylic acids is 1. The van der Waals surface area contributed by atoms with Crippen molar-refractivity contribution in [3.8, 4) is 0 Å². The quantitative estimate of drug-likeness (QED) is 0.868. The van der Waals surface area contributed by atoms with Gasteiger partial charge in [0, 0.05) is 5.75 Å². The summed E-state index contributed by atoms with van der Waals surface area (Å²) in [5, 5.41) is 15.7. The van der Waals surface area contributed by atoms with E-state index in [1.165, 1.54) is 11.3 Å². The molecule has 1 aliphatic heterocycles. The van der Waals surface area contributed by atoms with Gasteiger partial charge < -0.3 is 10.4 Å². The highest BCUT2D eigenvalue weighted by Crippen LogP contribution is 2.28. The zero-order valence-corrected chi connectivity index (χ0v) is 10.8. The van der Waals surface area contributed by atoms with E-state index in [-0.39, 0.29) is 12.3 Å². The second-order valence-electron chi connectivity index (χ2n) is 4.05. The van der Waals surface area contributed by atoms with E-state index < -0.39 is 11.5 Å². The molecule has 0 saturated carbocycles. The van der Waals surface area contributed by atoms with Crippen LogP contribution in [0.15, 0.2) is 16.8 Å². The summed E-state index contributed by atoms with van der Waals surface area (Å²) in [6, 6.07) is 1.88. The Morgan fingerprint density at radius 3 is 2.88 bits per heavy atom. The fourth-order valence-electron chi connectivity index (χ4n) is 1.78. The number of nitrogens with one attached hydrogen (secondary N) is 1. The van der Waals surface area contributed by atoms with Crippen LogP contribution >= 0.6 is 23.1 Å². The average molecular weight is 271 g/mol. The third-order valence-electron chi connectivity index (χ3n) is 2.75. The lowest BCUT2D eigenvalue weighted by molar-refractivity contribution is -0.146. The van der Waals surface area contributed by atoms with Crippen molar-refractivity contribution >= 4 is 35.0 Å². The molecule has 1 saturated heterocycles. The van der Waals surface area contributed by atoms with E-state index in [0.29, 0.717) is 12.2 Å². The first-order valence-electron chi connectivity index (χ1n) is 5.26. The Balaban J connectivity index is 1.99. The van der Waals surface area contributed by atoms with Crippen molar-refractivity contribution in [1.29, 1.82) is 0 Å². The van der Waals surface area contributed by atoms with E-state index in [9.17, 15) is 14.7 Å². The third-order valence-corrected chi connectivity index (χ3v) is 4.68. The maximum Gasteiger partial charge on any atom is 0.330 e. The molecule has 1 fully saturated rings. The predicted octanol–water partition coefficient (Wildman–Crippen LogP) is 1.37. The van der Waals surface area contributed by atoms with Gasteiger partial charge in [0.2, 0.25) is 5.91 Å². The number of hydrogen-bond donors (Lipinski definition) is 2. The Labute approximate surface area is 107 Å². The van der Waals surface area contributed by atoms with Crippen LogP contribution in [-0.4, -0.2) is 34.0 Å². The van der Waals surface area contributed by atoms with E-state index in [2.05, 4.69) is 5.32 Å². The van der Waals surface area contributed by atoms with Crippen LogP contribution in [0.1, 0.15) is 12.0 Å². The molecule has 0 aliphatic carbocycles. The van der Waals surface area contributed by atoms with Crippen molar-refractivity contribution in [2.75, 3.05) is 11.5 Å². The van der Waals surface area contributed by atoms with E-state index >= 15 is 0 Å². The highest BCUT2D eigenvalue weighted by molar-refractivity contribution is 7.99. The highest BCUT2D eigenvalue weighted by atomic mass is 32.2. The lowest BCUT2D eigenvalue weighted by Gasteiger charge is -2.24. The molecule has 0 bridgehead atoms. The van der Waals surface area contributed by atoms with Crippen molar-refractivity contribution in [3.05, 3.63) is 22.4 Å². The molecule has 1 unspecified atom stereocenters. The molecule has 1 aromatic rings. The van der Waals surface area contributed by atoms with Gasteiger partial charge in [-0.3, -0.25) is 4.79 Å². The SMILES string of the molecule is O=C(Cc1ccsc1)NC1(C(=O)O)CCSC1. The molecule has 17 heavy (non-hydrogen) atoms. The molecule has 1 atom stereocenters. The average Bonchev–Trinajstić information content (AvgIpc) is 2.89.